The van der Waals surface area contributed by atoms with Gasteiger partial charge in [0, 0.05) is 5.57 Å². The highest BCUT2D eigenvalue weighted by Gasteiger charge is 1.99. The highest BCUT2D eigenvalue weighted by molar-refractivity contribution is 5.86. The largest absolute Gasteiger partial charge is 0.462 e. The van der Waals surface area contributed by atoms with Gasteiger partial charge in [0.1, 0.15) is 0 Å². The molecular weight excluding hydrogens is 166 g/mol. The third-order valence-corrected chi connectivity index (χ3v) is 0.786. The van der Waals surface area contributed by atoms with E-state index in [0.717, 1.165) is 6.42 Å². The van der Waals surface area contributed by atoms with Crippen LogP contribution in [0.3, 0.4) is 0 Å². The van der Waals surface area contributed by atoms with Crippen LogP contribution in [0.15, 0.2) is 12.2 Å². The van der Waals surface area contributed by atoms with Gasteiger partial charge in [0.25, 0.3) is 0 Å². The van der Waals surface area contributed by atoms with Gasteiger partial charge in [-0.25, -0.2) is 4.79 Å². The van der Waals surface area contributed by atoms with Crippen LogP contribution >= 0.6 is 12.4 Å². The molecule has 0 rings (SSSR count). The highest BCUT2D eigenvalue weighted by Crippen LogP contribution is 1.91. The van der Waals surface area contributed by atoms with Crippen molar-refractivity contribution < 1.29 is 9.53 Å². The maximum Gasteiger partial charge on any atom is 0.333 e. The van der Waals surface area contributed by atoms with Crippen LogP contribution in [-0.2, 0) is 9.53 Å². The van der Waals surface area contributed by atoms with Crippen LogP contribution in [0.2, 0.25) is 0 Å². The summed E-state index contributed by atoms with van der Waals surface area (Å²) in [5.41, 5.74) is 0.462. The molecule has 0 fully saturated rings. The molecule has 68 valence electrons. The van der Waals surface area contributed by atoms with Crippen LogP contribution in [0.5, 0.6) is 0 Å². The van der Waals surface area contributed by atoms with Crippen LogP contribution in [0.25, 0.3) is 0 Å². The molecule has 0 aliphatic carbocycles. The molecule has 0 aliphatic rings. The van der Waals surface area contributed by atoms with Crippen molar-refractivity contribution in [2.75, 3.05) is 6.61 Å². The number of halogens is 1. The van der Waals surface area contributed by atoms with E-state index in [2.05, 4.69) is 6.58 Å². The van der Waals surface area contributed by atoms with E-state index in [1.165, 1.54) is 0 Å². The summed E-state index contributed by atoms with van der Waals surface area (Å²) in [5, 5.41) is 0. The highest BCUT2D eigenvalue weighted by atomic mass is 35.5. The van der Waals surface area contributed by atoms with Gasteiger partial charge in [-0.15, -0.1) is 12.4 Å². The van der Waals surface area contributed by atoms with Gasteiger partial charge in [0.2, 0.25) is 0 Å². The first-order valence-corrected chi connectivity index (χ1v) is 3.01. The number of hydrogen-bond donors (Lipinski definition) is 1. The van der Waals surface area contributed by atoms with E-state index in [1.54, 1.807) is 6.92 Å². The number of ether oxygens (including phenoxy) is 1. The lowest BCUT2D eigenvalue weighted by molar-refractivity contribution is -0.138. The fraction of sp³-hybridized carbons (Fsp3) is 0.571. The summed E-state index contributed by atoms with van der Waals surface area (Å²) >= 11 is 0. The van der Waals surface area contributed by atoms with Crippen molar-refractivity contribution in [3.63, 3.8) is 0 Å². The molecule has 0 heterocycles. The summed E-state index contributed by atoms with van der Waals surface area (Å²) < 4.78 is 4.71. The second-order valence-electron chi connectivity index (χ2n) is 1.92. The average molecular weight is 182 g/mol. The SMILES string of the molecule is C=C(C)C(=O)OCCC.Cl.N. The first kappa shape index (κ1) is 16.8. The molecule has 0 aromatic rings. The molecule has 0 aromatic heterocycles. The topological polar surface area (TPSA) is 61.3 Å². The molecule has 0 saturated carbocycles. The summed E-state index contributed by atoms with van der Waals surface area (Å²) in [5.74, 6) is -0.295. The minimum absolute atomic E-state index is 0. The van der Waals surface area contributed by atoms with E-state index in [-0.39, 0.29) is 24.5 Å². The van der Waals surface area contributed by atoms with Gasteiger partial charge >= 0.3 is 5.97 Å². The standard InChI is InChI=1S/C7H12O2.ClH.H3N/c1-4-5-9-7(8)6(2)3;;/h2,4-5H2,1,3H3;1H;1H3. The van der Waals surface area contributed by atoms with E-state index in [4.69, 9.17) is 4.74 Å². The Kier molecular flexibility index (Phi) is 14.5. The maximum atomic E-state index is 10.6. The van der Waals surface area contributed by atoms with Crippen LogP contribution in [0, 0.1) is 0 Å². The summed E-state index contributed by atoms with van der Waals surface area (Å²) in [7, 11) is 0. The Hall–Kier alpha value is -0.540. The minimum atomic E-state index is -0.295. The van der Waals surface area contributed by atoms with Gasteiger partial charge < -0.3 is 10.9 Å². The first-order chi connectivity index (χ1) is 4.18. The molecule has 0 amide bonds. The molecular formula is C7H16ClNO2. The Morgan fingerprint density at radius 3 is 2.27 bits per heavy atom. The molecule has 0 saturated heterocycles. The zero-order valence-corrected chi connectivity index (χ0v) is 7.87. The third-order valence-electron chi connectivity index (χ3n) is 0.786. The summed E-state index contributed by atoms with van der Waals surface area (Å²) in [6, 6.07) is 0. The van der Waals surface area contributed by atoms with Crippen molar-refractivity contribution in [3.8, 4) is 0 Å². The van der Waals surface area contributed by atoms with Gasteiger partial charge in [-0.2, -0.15) is 0 Å². The second kappa shape index (κ2) is 9.46. The quantitative estimate of drug-likeness (QED) is 0.536. The van der Waals surface area contributed by atoms with Gasteiger partial charge in [0.05, 0.1) is 6.61 Å². The van der Waals surface area contributed by atoms with Crippen molar-refractivity contribution in [1.82, 2.24) is 6.15 Å². The van der Waals surface area contributed by atoms with Crippen molar-refractivity contribution in [3.05, 3.63) is 12.2 Å². The Balaban J connectivity index is -0.000000320. The molecule has 0 aliphatic heterocycles. The van der Waals surface area contributed by atoms with Crippen molar-refractivity contribution >= 4 is 18.4 Å². The van der Waals surface area contributed by atoms with E-state index in [1.807, 2.05) is 6.92 Å². The van der Waals surface area contributed by atoms with Crippen LogP contribution in [0.4, 0.5) is 0 Å². The number of carbonyl (C=O) groups is 1. The van der Waals surface area contributed by atoms with Crippen LogP contribution in [-0.4, -0.2) is 12.6 Å². The van der Waals surface area contributed by atoms with Crippen molar-refractivity contribution in [2.45, 2.75) is 20.3 Å². The van der Waals surface area contributed by atoms with Gasteiger partial charge in [-0.05, 0) is 13.3 Å². The zero-order valence-electron chi connectivity index (χ0n) is 7.05. The molecule has 0 atom stereocenters. The molecule has 0 unspecified atom stereocenters. The Morgan fingerprint density at radius 1 is 1.55 bits per heavy atom. The summed E-state index contributed by atoms with van der Waals surface area (Å²) in [6.07, 6.45) is 0.860. The summed E-state index contributed by atoms with van der Waals surface area (Å²) in [6.45, 7) is 7.51. The van der Waals surface area contributed by atoms with Crippen molar-refractivity contribution in [2.24, 2.45) is 0 Å². The van der Waals surface area contributed by atoms with Crippen LogP contribution < -0.4 is 6.15 Å². The van der Waals surface area contributed by atoms with Crippen LogP contribution in [0.1, 0.15) is 20.3 Å². The molecule has 4 heteroatoms. The average Bonchev–Trinajstić information content (AvgIpc) is 1.82. The number of hydrogen-bond acceptors (Lipinski definition) is 3. The Labute approximate surface area is 73.8 Å². The lowest BCUT2D eigenvalue weighted by Gasteiger charge is -1.99. The summed E-state index contributed by atoms with van der Waals surface area (Å²) in [4.78, 5) is 10.6. The van der Waals surface area contributed by atoms with E-state index < -0.39 is 0 Å². The first-order valence-electron chi connectivity index (χ1n) is 3.01. The normalized spacial score (nSPS) is 7.09. The molecule has 11 heavy (non-hydrogen) atoms. The Morgan fingerprint density at radius 2 is 2.00 bits per heavy atom. The molecule has 0 radical (unpaired) electrons. The lowest BCUT2D eigenvalue weighted by atomic mass is 10.4. The fourth-order valence-electron chi connectivity index (χ4n) is 0.318. The fourth-order valence-corrected chi connectivity index (χ4v) is 0.318. The number of rotatable bonds is 3. The number of carbonyl (C=O) groups excluding carboxylic acids is 1. The predicted octanol–water partition coefficient (Wildman–Crippen LogP) is 2.10. The minimum Gasteiger partial charge on any atom is -0.462 e. The molecule has 3 nitrogen and oxygen atoms in total. The van der Waals surface area contributed by atoms with E-state index in [9.17, 15) is 4.79 Å². The zero-order chi connectivity index (χ0) is 7.28. The maximum absolute atomic E-state index is 10.6. The molecule has 3 N–H and O–H groups in total. The molecule has 0 aromatic carbocycles. The predicted molar refractivity (Wildman–Crippen MR) is 48.3 cm³/mol. The van der Waals surface area contributed by atoms with Gasteiger partial charge in [0.15, 0.2) is 0 Å². The molecule has 0 spiro atoms. The third kappa shape index (κ3) is 9.46. The smallest absolute Gasteiger partial charge is 0.333 e. The number of esters is 1. The van der Waals surface area contributed by atoms with Gasteiger partial charge in [-0.3, -0.25) is 0 Å². The monoisotopic (exact) mass is 181 g/mol. The molecule has 0 bridgehead atoms. The van der Waals surface area contributed by atoms with Crippen molar-refractivity contribution in [1.29, 1.82) is 0 Å². The van der Waals surface area contributed by atoms with E-state index in [0.29, 0.717) is 12.2 Å². The van der Waals surface area contributed by atoms with E-state index >= 15 is 0 Å². The van der Waals surface area contributed by atoms with Gasteiger partial charge in [-0.1, -0.05) is 13.5 Å². The Bertz CT molecular complexity index is 126. The second-order valence-corrected chi connectivity index (χ2v) is 1.92. The lowest BCUT2D eigenvalue weighted by Crippen LogP contribution is -2.04.